The Bertz CT molecular complexity index is 812. The Hall–Kier alpha value is -3.48. The molecular weight excluding hydrogens is 412 g/mol. The molecule has 0 radical (unpaired) electrons. The first kappa shape index (κ1) is 23.8. The van der Waals surface area contributed by atoms with Crippen molar-refractivity contribution in [3.05, 3.63) is 18.2 Å². The number of hydrogen-bond donors (Lipinski definition) is 6. The fourth-order valence-corrected chi connectivity index (χ4v) is 3.37. The third kappa shape index (κ3) is 6.77. The van der Waals surface area contributed by atoms with E-state index in [1.807, 2.05) is 0 Å². The van der Waals surface area contributed by atoms with E-state index in [1.54, 1.807) is 0 Å². The molecule has 1 aliphatic heterocycles. The van der Waals surface area contributed by atoms with E-state index in [9.17, 15) is 29.1 Å². The van der Waals surface area contributed by atoms with Gasteiger partial charge in [0.1, 0.15) is 18.1 Å². The van der Waals surface area contributed by atoms with Crippen LogP contribution >= 0.6 is 0 Å². The molecule has 1 aliphatic rings. The van der Waals surface area contributed by atoms with Crippen LogP contribution < -0.4 is 16.4 Å². The molecule has 0 bridgehead atoms. The molecule has 3 amide bonds. The average Bonchev–Trinajstić information content (AvgIpc) is 3.41. The highest BCUT2D eigenvalue weighted by Crippen LogP contribution is 2.20. The summed E-state index contributed by atoms with van der Waals surface area (Å²) in [4.78, 5) is 67.7. The molecule has 1 saturated heterocycles. The Balaban J connectivity index is 2.11. The van der Waals surface area contributed by atoms with Crippen molar-refractivity contribution >= 4 is 29.7 Å². The van der Waals surface area contributed by atoms with Crippen molar-refractivity contribution in [3.8, 4) is 0 Å². The zero-order chi connectivity index (χ0) is 23.0. The van der Waals surface area contributed by atoms with Gasteiger partial charge in [-0.15, -0.1) is 0 Å². The average molecular weight is 438 g/mol. The van der Waals surface area contributed by atoms with E-state index in [1.165, 1.54) is 17.4 Å². The van der Waals surface area contributed by atoms with Gasteiger partial charge in [-0.2, -0.15) is 0 Å². The predicted octanol–water partition coefficient (Wildman–Crippen LogP) is -2.18. The molecule has 0 spiro atoms. The first-order valence-corrected chi connectivity index (χ1v) is 9.75. The van der Waals surface area contributed by atoms with Crippen molar-refractivity contribution in [1.82, 2.24) is 25.5 Å². The van der Waals surface area contributed by atoms with Crippen molar-refractivity contribution in [3.63, 3.8) is 0 Å². The molecule has 3 unspecified atom stereocenters. The third-order valence-electron chi connectivity index (χ3n) is 4.90. The normalized spacial score (nSPS) is 17.6. The zero-order valence-corrected chi connectivity index (χ0v) is 16.7. The number of imidazole rings is 1. The number of nitrogens with one attached hydrogen (secondary N) is 3. The molecule has 1 aromatic heterocycles. The number of rotatable bonds is 11. The van der Waals surface area contributed by atoms with Gasteiger partial charge in [0.25, 0.3) is 0 Å². The number of carboxylic acids is 2. The number of amides is 3. The molecule has 31 heavy (non-hydrogen) atoms. The molecule has 2 rings (SSSR count). The molecule has 0 aromatic carbocycles. The first-order chi connectivity index (χ1) is 14.7. The topological polar surface area (TPSA) is 208 Å². The Morgan fingerprint density at radius 1 is 1.23 bits per heavy atom. The summed E-state index contributed by atoms with van der Waals surface area (Å²) in [5.41, 5.74) is 5.93. The molecular formula is C18H26N6O7. The Morgan fingerprint density at radius 2 is 1.97 bits per heavy atom. The standard InChI is InChI=1S/C18H26N6O7/c19-7-14(25)22-12(6-10-8-20-9-21-10)17(29)24-5-1-2-13(24)16(28)23-11(18(30)31)3-4-15(26)27/h8-9,11-13H,1-7,19H2,(H,20,21)(H,22,25)(H,23,28)(H,26,27)(H,30,31). The maximum atomic E-state index is 13.1. The van der Waals surface area contributed by atoms with Gasteiger partial charge in [-0.25, -0.2) is 9.78 Å². The summed E-state index contributed by atoms with van der Waals surface area (Å²) in [6.45, 7) is -0.0672. The van der Waals surface area contributed by atoms with Crippen molar-refractivity contribution in [2.24, 2.45) is 5.73 Å². The van der Waals surface area contributed by atoms with Gasteiger partial charge < -0.3 is 36.5 Å². The van der Waals surface area contributed by atoms with E-state index in [2.05, 4.69) is 20.6 Å². The van der Waals surface area contributed by atoms with Crippen LogP contribution in [-0.4, -0.2) is 86.0 Å². The lowest BCUT2D eigenvalue weighted by Gasteiger charge is -2.29. The van der Waals surface area contributed by atoms with Gasteiger partial charge in [0.15, 0.2) is 0 Å². The molecule has 2 heterocycles. The zero-order valence-electron chi connectivity index (χ0n) is 16.7. The smallest absolute Gasteiger partial charge is 0.326 e. The molecule has 3 atom stereocenters. The molecule has 13 nitrogen and oxygen atoms in total. The van der Waals surface area contributed by atoms with Crippen LogP contribution in [0, 0.1) is 0 Å². The minimum atomic E-state index is -1.39. The molecule has 7 N–H and O–H groups in total. The number of H-pyrrole nitrogens is 1. The van der Waals surface area contributed by atoms with Crippen LogP contribution in [0.2, 0.25) is 0 Å². The minimum Gasteiger partial charge on any atom is -0.481 e. The van der Waals surface area contributed by atoms with Crippen LogP contribution in [0.25, 0.3) is 0 Å². The highest BCUT2D eigenvalue weighted by molar-refractivity contribution is 5.94. The second-order valence-corrected chi connectivity index (χ2v) is 7.13. The Kier molecular flexibility index (Phi) is 8.49. The Morgan fingerprint density at radius 3 is 2.55 bits per heavy atom. The second-order valence-electron chi connectivity index (χ2n) is 7.13. The highest BCUT2D eigenvalue weighted by Gasteiger charge is 2.39. The summed E-state index contributed by atoms with van der Waals surface area (Å²) >= 11 is 0. The molecule has 170 valence electrons. The number of nitrogens with zero attached hydrogens (tertiary/aromatic N) is 2. The van der Waals surface area contributed by atoms with Crippen molar-refractivity contribution in [2.75, 3.05) is 13.1 Å². The summed E-state index contributed by atoms with van der Waals surface area (Å²) < 4.78 is 0. The van der Waals surface area contributed by atoms with Gasteiger partial charge in [0.05, 0.1) is 12.9 Å². The number of carboxylic acid groups (broad SMARTS) is 2. The number of likely N-dealkylation sites (tertiary alicyclic amines) is 1. The molecule has 1 fully saturated rings. The van der Waals surface area contributed by atoms with Gasteiger partial charge in [0, 0.05) is 31.3 Å². The van der Waals surface area contributed by atoms with Gasteiger partial charge in [0.2, 0.25) is 17.7 Å². The van der Waals surface area contributed by atoms with Crippen LogP contribution in [0.1, 0.15) is 31.4 Å². The second kappa shape index (κ2) is 11.1. The third-order valence-corrected chi connectivity index (χ3v) is 4.90. The minimum absolute atomic E-state index is 0.103. The Labute approximate surface area is 177 Å². The van der Waals surface area contributed by atoms with E-state index in [0.29, 0.717) is 18.5 Å². The number of carbonyl (C=O) groups is 5. The summed E-state index contributed by atoms with van der Waals surface area (Å²) in [6, 6.07) is -3.32. The number of aromatic amines is 1. The van der Waals surface area contributed by atoms with E-state index in [4.69, 9.17) is 10.8 Å². The number of aromatic nitrogens is 2. The van der Waals surface area contributed by atoms with E-state index in [-0.39, 0.29) is 25.9 Å². The largest absolute Gasteiger partial charge is 0.481 e. The van der Waals surface area contributed by atoms with Crippen molar-refractivity contribution < 1.29 is 34.2 Å². The van der Waals surface area contributed by atoms with Gasteiger partial charge >= 0.3 is 11.9 Å². The highest BCUT2D eigenvalue weighted by atomic mass is 16.4. The lowest BCUT2D eigenvalue weighted by Crippen LogP contribution is -2.56. The molecule has 1 aromatic rings. The lowest BCUT2D eigenvalue weighted by molar-refractivity contribution is -0.145. The fourth-order valence-electron chi connectivity index (χ4n) is 3.37. The molecule has 13 heteroatoms. The number of nitrogens with two attached hydrogens (primary N) is 1. The molecule has 0 saturated carbocycles. The fraction of sp³-hybridized carbons (Fsp3) is 0.556. The van der Waals surface area contributed by atoms with Crippen LogP contribution in [0.3, 0.4) is 0 Å². The summed E-state index contributed by atoms with van der Waals surface area (Å²) in [6.07, 6.45) is 3.14. The van der Waals surface area contributed by atoms with Crippen LogP contribution in [-0.2, 0) is 30.4 Å². The quantitative estimate of drug-likeness (QED) is 0.222. The summed E-state index contributed by atoms with van der Waals surface area (Å²) in [5, 5.41) is 22.9. The van der Waals surface area contributed by atoms with Crippen LogP contribution in [0.5, 0.6) is 0 Å². The van der Waals surface area contributed by atoms with E-state index in [0.717, 1.165) is 0 Å². The van der Waals surface area contributed by atoms with Gasteiger partial charge in [-0.1, -0.05) is 0 Å². The number of aliphatic carboxylic acids is 2. The van der Waals surface area contributed by atoms with Crippen molar-refractivity contribution in [1.29, 1.82) is 0 Å². The maximum absolute atomic E-state index is 13.1. The van der Waals surface area contributed by atoms with Gasteiger partial charge in [-0.3, -0.25) is 19.2 Å². The van der Waals surface area contributed by atoms with Crippen LogP contribution in [0.15, 0.2) is 12.5 Å². The molecule has 0 aliphatic carbocycles. The van der Waals surface area contributed by atoms with Crippen LogP contribution in [0.4, 0.5) is 0 Å². The first-order valence-electron chi connectivity index (χ1n) is 9.75. The number of carbonyl (C=O) groups excluding carboxylic acids is 3. The van der Waals surface area contributed by atoms with E-state index >= 15 is 0 Å². The maximum Gasteiger partial charge on any atom is 0.326 e. The monoisotopic (exact) mass is 438 g/mol. The van der Waals surface area contributed by atoms with E-state index < -0.39 is 54.2 Å². The lowest BCUT2D eigenvalue weighted by atomic mass is 10.1. The summed E-state index contributed by atoms with van der Waals surface area (Å²) in [5.74, 6) is -4.29. The summed E-state index contributed by atoms with van der Waals surface area (Å²) in [7, 11) is 0. The van der Waals surface area contributed by atoms with Crippen molar-refractivity contribution in [2.45, 2.75) is 50.2 Å². The van der Waals surface area contributed by atoms with Gasteiger partial charge in [-0.05, 0) is 19.3 Å². The number of hydrogen-bond acceptors (Lipinski definition) is 7. The predicted molar refractivity (Wildman–Crippen MR) is 104 cm³/mol. The SMILES string of the molecule is NCC(=O)NC(Cc1cnc[nH]1)C(=O)N1CCCC1C(=O)NC(CCC(=O)O)C(=O)O.